The molecule has 5 heteroatoms. The van der Waals surface area contributed by atoms with E-state index in [4.69, 9.17) is 23.2 Å². The van der Waals surface area contributed by atoms with Gasteiger partial charge in [0.25, 0.3) is 0 Å². The van der Waals surface area contributed by atoms with Crippen molar-refractivity contribution in [2.45, 2.75) is 18.9 Å². The highest BCUT2D eigenvalue weighted by Crippen LogP contribution is 2.27. The van der Waals surface area contributed by atoms with Gasteiger partial charge in [-0.15, -0.1) is 0 Å². The van der Waals surface area contributed by atoms with E-state index in [0.29, 0.717) is 22.5 Å². The molecule has 1 N–H and O–H groups in total. The molecule has 0 unspecified atom stereocenters. The van der Waals surface area contributed by atoms with Gasteiger partial charge in [-0.25, -0.2) is 0 Å². The molecule has 3 nitrogen and oxygen atoms in total. The molecule has 1 fully saturated rings. The minimum atomic E-state index is -0.188. The first-order chi connectivity index (χ1) is 9.45. The van der Waals surface area contributed by atoms with Gasteiger partial charge in [0.05, 0.1) is 6.10 Å². The first kappa shape index (κ1) is 15.4. The number of benzene rings is 1. The van der Waals surface area contributed by atoms with Crippen molar-refractivity contribution in [2.24, 2.45) is 5.92 Å². The molecule has 1 aliphatic carbocycles. The van der Waals surface area contributed by atoms with Gasteiger partial charge in [0.1, 0.15) is 0 Å². The summed E-state index contributed by atoms with van der Waals surface area (Å²) >= 11 is 11.9. The van der Waals surface area contributed by atoms with Crippen LogP contribution in [0.5, 0.6) is 0 Å². The molecule has 0 heterocycles. The maximum absolute atomic E-state index is 12.0. The molecule has 2 rings (SSSR count). The lowest BCUT2D eigenvalue weighted by Crippen LogP contribution is -2.38. The zero-order valence-electron chi connectivity index (χ0n) is 11.2. The van der Waals surface area contributed by atoms with Crippen molar-refractivity contribution >= 4 is 35.2 Å². The molecule has 1 aromatic carbocycles. The van der Waals surface area contributed by atoms with Crippen molar-refractivity contribution in [3.63, 3.8) is 0 Å². The maximum atomic E-state index is 12.0. The number of amides is 1. The smallest absolute Gasteiger partial charge is 0.246 e. The fourth-order valence-electron chi connectivity index (χ4n) is 2.25. The van der Waals surface area contributed by atoms with Crippen molar-refractivity contribution in [3.05, 3.63) is 39.9 Å². The van der Waals surface area contributed by atoms with Gasteiger partial charge in [-0.3, -0.25) is 4.79 Å². The third kappa shape index (κ3) is 3.98. The number of halogens is 2. The summed E-state index contributed by atoms with van der Waals surface area (Å²) in [5, 5.41) is 10.3. The van der Waals surface area contributed by atoms with Gasteiger partial charge in [-0.1, -0.05) is 29.3 Å². The Balaban J connectivity index is 1.91. The second kappa shape index (κ2) is 6.61. The molecule has 1 aromatic rings. The van der Waals surface area contributed by atoms with Gasteiger partial charge in [0, 0.05) is 29.7 Å². The van der Waals surface area contributed by atoms with Crippen molar-refractivity contribution < 1.29 is 9.90 Å². The van der Waals surface area contributed by atoms with Crippen LogP contribution in [-0.4, -0.2) is 35.6 Å². The highest BCUT2D eigenvalue weighted by molar-refractivity contribution is 6.35. The summed E-state index contributed by atoms with van der Waals surface area (Å²) in [6.07, 6.45) is 4.57. The van der Waals surface area contributed by atoms with Gasteiger partial charge in [-0.05, 0) is 42.5 Å². The van der Waals surface area contributed by atoms with Crippen LogP contribution in [-0.2, 0) is 4.79 Å². The Morgan fingerprint density at radius 1 is 1.45 bits per heavy atom. The monoisotopic (exact) mass is 313 g/mol. The standard InChI is InChI=1S/C15H17Cl2NO2/c1-18(9-10-6-13(19)7-10)15(20)5-3-11-2-4-12(16)8-14(11)17/h2-5,8,10,13,19H,6-7,9H2,1H3. The van der Waals surface area contributed by atoms with E-state index in [9.17, 15) is 9.90 Å². The lowest BCUT2D eigenvalue weighted by atomic mass is 9.82. The topological polar surface area (TPSA) is 40.5 Å². The van der Waals surface area contributed by atoms with Crippen molar-refractivity contribution in [1.29, 1.82) is 0 Å². The summed E-state index contributed by atoms with van der Waals surface area (Å²) in [6, 6.07) is 5.15. The molecule has 0 atom stereocenters. The first-order valence-corrected chi connectivity index (χ1v) is 7.27. The minimum absolute atomic E-state index is 0.0718. The van der Waals surface area contributed by atoms with Crippen LogP contribution in [0.3, 0.4) is 0 Å². The lowest BCUT2D eigenvalue weighted by molar-refractivity contribution is -0.126. The summed E-state index contributed by atoms with van der Waals surface area (Å²) in [5.41, 5.74) is 0.761. The second-order valence-electron chi connectivity index (χ2n) is 5.21. The maximum Gasteiger partial charge on any atom is 0.246 e. The number of likely N-dealkylation sites (N-methyl/N-ethyl adjacent to an activating group) is 1. The van der Waals surface area contributed by atoms with Gasteiger partial charge >= 0.3 is 0 Å². The fourth-order valence-corrected chi connectivity index (χ4v) is 2.72. The average molecular weight is 314 g/mol. The van der Waals surface area contributed by atoms with E-state index < -0.39 is 0 Å². The number of aliphatic hydroxyl groups excluding tert-OH is 1. The molecule has 0 aliphatic heterocycles. The highest BCUT2D eigenvalue weighted by atomic mass is 35.5. The van der Waals surface area contributed by atoms with Crippen LogP contribution < -0.4 is 0 Å². The Morgan fingerprint density at radius 2 is 2.15 bits per heavy atom. The molecular formula is C15H17Cl2NO2. The molecule has 0 bridgehead atoms. The molecule has 0 aromatic heterocycles. The summed E-state index contributed by atoms with van der Waals surface area (Å²) in [5.74, 6) is 0.337. The van der Waals surface area contributed by atoms with Gasteiger partial charge in [-0.2, -0.15) is 0 Å². The molecular weight excluding hydrogens is 297 g/mol. The van der Waals surface area contributed by atoms with Crippen LogP contribution in [0.1, 0.15) is 18.4 Å². The molecule has 1 saturated carbocycles. The van der Waals surface area contributed by atoms with Crippen molar-refractivity contribution in [3.8, 4) is 0 Å². The van der Waals surface area contributed by atoms with E-state index in [1.807, 2.05) is 0 Å². The van der Waals surface area contributed by atoms with Crippen LogP contribution in [0, 0.1) is 5.92 Å². The van der Waals surface area contributed by atoms with Gasteiger partial charge in [0.2, 0.25) is 5.91 Å². The predicted molar refractivity (Wildman–Crippen MR) is 81.9 cm³/mol. The molecule has 1 aliphatic rings. The number of hydrogen-bond donors (Lipinski definition) is 1. The molecule has 20 heavy (non-hydrogen) atoms. The fraction of sp³-hybridized carbons (Fsp3) is 0.400. The Bertz CT molecular complexity index is 525. The number of aliphatic hydroxyl groups is 1. The van der Waals surface area contributed by atoms with Crippen molar-refractivity contribution in [2.75, 3.05) is 13.6 Å². The van der Waals surface area contributed by atoms with E-state index in [-0.39, 0.29) is 12.0 Å². The average Bonchev–Trinajstić information content (AvgIpc) is 2.35. The van der Waals surface area contributed by atoms with E-state index in [1.165, 1.54) is 6.08 Å². The lowest BCUT2D eigenvalue weighted by Gasteiger charge is -2.34. The zero-order chi connectivity index (χ0) is 14.7. The summed E-state index contributed by atoms with van der Waals surface area (Å²) in [6.45, 7) is 0.675. The predicted octanol–water partition coefficient (Wildman–Crippen LogP) is 3.24. The summed E-state index contributed by atoms with van der Waals surface area (Å²) in [7, 11) is 1.76. The first-order valence-electron chi connectivity index (χ1n) is 6.52. The van der Waals surface area contributed by atoms with Gasteiger partial charge in [0.15, 0.2) is 0 Å². The molecule has 0 saturated heterocycles. The Morgan fingerprint density at radius 3 is 2.75 bits per heavy atom. The van der Waals surface area contributed by atoms with Crippen LogP contribution in [0.2, 0.25) is 10.0 Å². The molecule has 0 spiro atoms. The molecule has 108 valence electrons. The third-order valence-electron chi connectivity index (χ3n) is 3.49. The normalized spacial score (nSPS) is 21.8. The second-order valence-corrected chi connectivity index (χ2v) is 6.05. The van der Waals surface area contributed by atoms with E-state index in [2.05, 4.69) is 0 Å². The van der Waals surface area contributed by atoms with E-state index in [1.54, 1.807) is 36.2 Å². The summed E-state index contributed by atoms with van der Waals surface area (Å²) < 4.78 is 0. The minimum Gasteiger partial charge on any atom is -0.393 e. The Hall–Kier alpha value is -1.03. The highest BCUT2D eigenvalue weighted by Gasteiger charge is 2.28. The Kier molecular flexibility index (Phi) is 5.08. The van der Waals surface area contributed by atoms with E-state index >= 15 is 0 Å². The molecule has 1 amide bonds. The molecule has 0 radical (unpaired) electrons. The van der Waals surface area contributed by atoms with E-state index in [0.717, 1.165) is 18.4 Å². The Labute approximate surface area is 128 Å². The van der Waals surface area contributed by atoms with Crippen LogP contribution in [0.4, 0.5) is 0 Å². The third-order valence-corrected chi connectivity index (χ3v) is 4.05. The quantitative estimate of drug-likeness (QED) is 0.867. The van der Waals surface area contributed by atoms with Crippen LogP contribution >= 0.6 is 23.2 Å². The van der Waals surface area contributed by atoms with Crippen LogP contribution in [0.25, 0.3) is 6.08 Å². The summed E-state index contributed by atoms with van der Waals surface area (Å²) in [4.78, 5) is 13.6. The largest absolute Gasteiger partial charge is 0.393 e. The van der Waals surface area contributed by atoms with Crippen molar-refractivity contribution in [1.82, 2.24) is 4.90 Å². The number of hydrogen-bond acceptors (Lipinski definition) is 2. The van der Waals surface area contributed by atoms with Crippen LogP contribution in [0.15, 0.2) is 24.3 Å². The number of nitrogens with zero attached hydrogens (tertiary/aromatic N) is 1. The number of carbonyl (C=O) groups excluding carboxylic acids is 1. The SMILES string of the molecule is CN(CC1CC(O)C1)C(=O)C=Cc1ccc(Cl)cc1Cl. The number of rotatable bonds is 4. The van der Waals surface area contributed by atoms with Gasteiger partial charge < -0.3 is 10.0 Å². The zero-order valence-corrected chi connectivity index (χ0v) is 12.7. The number of carbonyl (C=O) groups is 1.